The highest BCUT2D eigenvalue weighted by atomic mass is 16.2. The molecule has 0 aromatic carbocycles. The second-order valence-electron chi connectivity index (χ2n) is 3.23. The van der Waals surface area contributed by atoms with E-state index in [1.807, 2.05) is 4.90 Å². The molecular formula is C9H16N4O. The lowest BCUT2D eigenvalue weighted by atomic mass is 10.1. The summed E-state index contributed by atoms with van der Waals surface area (Å²) in [4.78, 5) is 17.2. The third-order valence-electron chi connectivity index (χ3n) is 2.19. The Morgan fingerprint density at radius 1 is 1.29 bits per heavy atom. The van der Waals surface area contributed by atoms with Crippen LogP contribution in [0, 0.1) is 0 Å². The lowest BCUT2D eigenvalue weighted by Crippen LogP contribution is -2.37. The number of piperidine rings is 1. The quantitative estimate of drug-likeness (QED) is 0.392. The van der Waals surface area contributed by atoms with Gasteiger partial charge >= 0.3 is 0 Å². The van der Waals surface area contributed by atoms with Crippen LogP contribution in [0.25, 0.3) is 0 Å². The summed E-state index contributed by atoms with van der Waals surface area (Å²) in [5.41, 5.74) is 0. The zero-order valence-electron chi connectivity index (χ0n) is 8.22. The largest absolute Gasteiger partial charge is 0.341 e. The van der Waals surface area contributed by atoms with Crippen LogP contribution < -0.4 is 5.84 Å². The lowest BCUT2D eigenvalue weighted by Gasteiger charge is -2.25. The SMILES string of the molecule is NN=CC=NCC(=O)N1CCCCC1. The summed E-state index contributed by atoms with van der Waals surface area (Å²) < 4.78 is 0. The van der Waals surface area contributed by atoms with Crippen molar-refractivity contribution < 1.29 is 4.79 Å². The summed E-state index contributed by atoms with van der Waals surface area (Å²) in [6.45, 7) is 1.95. The summed E-state index contributed by atoms with van der Waals surface area (Å²) in [6.07, 6.45) is 6.26. The molecule has 0 spiro atoms. The number of hydrogen-bond donors (Lipinski definition) is 1. The Morgan fingerprint density at radius 3 is 2.64 bits per heavy atom. The van der Waals surface area contributed by atoms with E-state index in [4.69, 9.17) is 5.84 Å². The van der Waals surface area contributed by atoms with Gasteiger partial charge in [0.25, 0.3) is 0 Å². The molecule has 0 radical (unpaired) electrons. The van der Waals surface area contributed by atoms with Gasteiger partial charge in [-0.25, -0.2) is 0 Å². The molecule has 14 heavy (non-hydrogen) atoms. The maximum atomic E-state index is 11.5. The smallest absolute Gasteiger partial charge is 0.244 e. The summed E-state index contributed by atoms with van der Waals surface area (Å²) >= 11 is 0. The van der Waals surface area contributed by atoms with Gasteiger partial charge in [0.2, 0.25) is 5.91 Å². The molecule has 0 aromatic heterocycles. The Bertz CT molecular complexity index is 231. The number of nitrogens with two attached hydrogens (primary N) is 1. The number of aliphatic imine (C=N–C) groups is 1. The van der Waals surface area contributed by atoms with E-state index >= 15 is 0 Å². The highest BCUT2D eigenvalue weighted by Crippen LogP contribution is 2.08. The summed E-state index contributed by atoms with van der Waals surface area (Å²) in [5.74, 6) is 4.96. The normalized spacial score (nSPS) is 18.1. The fourth-order valence-corrected chi connectivity index (χ4v) is 1.46. The topological polar surface area (TPSA) is 71.0 Å². The van der Waals surface area contributed by atoms with Gasteiger partial charge < -0.3 is 10.7 Å². The molecule has 0 aliphatic carbocycles. The Hall–Kier alpha value is -1.39. The Balaban J connectivity index is 2.26. The first kappa shape index (κ1) is 10.7. The highest BCUT2D eigenvalue weighted by molar-refractivity contribution is 6.16. The van der Waals surface area contributed by atoms with E-state index in [1.54, 1.807) is 0 Å². The van der Waals surface area contributed by atoms with Gasteiger partial charge in [-0.2, -0.15) is 5.10 Å². The molecule has 1 heterocycles. The van der Waals surface area contributed by atoms with E-state index in [0.29, 0.717) is 0 Å². The van der Waals surface area contributed by atoms with Crippen molar-refractivity contribution in [2.75, 3.05) is 19.6 Å². The molecule has 1 amide bonds. The summed E-state index contributed by atoms with van der Waals surface area (Å²) in [7, 11) is 0. The molecule has 1 aliphatic rings. The van der Waals surface area contributed by atoms with Crippen molar-refractivity contribution in [2.45, 2.75) is 19.3 Å². The maximum absolute atomic E-state index is 11.5. The van der Waals surface area contributed by atoms with Crippen LogP contribution in [0.4, 0.5) is 0 Å². The van der Waals surface area contributed by atoms with Gasteiger partial charge in [-0.3, -0.25) is 9.79 Å². The number of rotatable bonds is 3. The molecule has 0 aromatic rings. The van der Waals surface area contributed by atoms with Crippen LogP contribution in [-0.4, -0.2) is 42.9 Å². The number of hydrazone groups is 1. The molecule has 0 unspecified atom stereocenters. The molecule has 5 heteroatoms. The van der Waals surface area contributed by atoms with Gasteiger partial charge in [0.05, 0.1) is 6.21 Å². The molecule has 1 rings (SSSR count). The number of amides is 1. The van der Waals surface area contributed by atoms with Crippen molar-refractivity contribution in [2.24, 2.45) is 15.9 Å². The predicted octanol–water partition coefficient (Wildman–Crippen LogP) is 0.0142. The molecule has 0 bridgehead atoms. The van der Waals surface area contributed by atoms with Crippen molar-refractivity contribution in [3.05, 3.63) is 0 Å². The first-order chi connectivity index (χ1) is 6.84. The zero-order valence-corrected chi connectivity index (χ0v) is 8.22. The Kier molecular flexibility index (Phi) is 4.68. The number of carbonyl (C=O) groups excluding carboxylic acids is 1. The van der Waals surface area contributed by atoms with E-state index in [1.165, 1.54) is 18.9 Å². The van der Waals surface area contributed by atoms with Gasteiger partial charge in [0.15, 0.2) is 0 Å². The Morgan fingerprint density at radius 2 is 2.00 bits per heavy atom. The third kappa shape index (κ3) is 3.55. The lowest BCUT2D eigenvalue weighted by molar-refractivity contribution is -0.130. The number of nitrogens with zero attached hydrogens (tertiary/aromatic N) is 3. The van der Waals surface area contributed by atoms with Crippen LogP contribution in [0.1, 0.15) is 19.3 Å². The molecule has 1 saturated heterocycles. The highest BCUT2D eigenvalue weighted by Gasteiger charge is 2.14. The van der Waals surface area contributed by atoms with Crippen LogP contribution in [0.15, 0.2) is 10.1 Å². The van der Waals surface area contributed by atoms with Crippen molar-refractivity contribution in [3.63, 3.8) is 0 Å². The summed E-state index contributed by atoms with van der Waals surface area (Å²) in [5, 5.41) is 3.25. The minimum atomic E-state index is 0.0892. The van der Waals surface area contributed by atoms with Crippen molar-refractivity contribution in [1.29, 1.82) is 0 Å². The Labute approximate surface area is 83.7 Å². The van der Waals surface area contributed by atoms with Gasteiger partial charge in [0, 0.05) is 19.3 Å². The van der Waals surface area contributed by atoms with E-state index in [2.05, 4.69) is 10.1 Å². The number of carbonyl (C=O) groups is 1. The first-order valence-electron chi connectivity index (χ1n) is 4.84. The maximum Gasteiger partial charge on any atom is 0.244 e. The van der Waals surface area contributed by atoms with Gasteiger partial charge in [-0.15, -0.1) is 0 Å². The molecule has 2 N–H and O–H groups in total. The number of likely N-dealkylation sites (tertiary alicyclic amines) is 1. The zero-order chi connectivity index (χ0) is 10.2. The molecule has 0 saturated carbocycles. The summed E-state index contributed by atoms with van der Waals surface area (Å²) in [6, 6.07) is 0. The van der Waals surface area contributed by atoms with Crippen LogP contribution >= 0.6 is 0 Å². The van der Waals surface area contributed by atoms with Gasteiger partial charge in [-0.05, 0) is 19.3 Å². The minimum Gasteiger partial charge on any atom is -0.341 e. The van der Waals surface area contributed by atoms with Crippen molar-refractivity contribution >= 4 is 18.3 Å². The third-order valence-corrected chi connectivity index (χ3v) is 2.19. The average Bonchev–Trinajstić information content (AvgIpc) is 2.25. The standard InChI is InChI=1S/C9H16N4O/c10-12-5-4-11-8-9(14)13-6-2-1-3-7-13/h4-5H,1-3,6-8,10H2. The predicted molar refractivity (Wildman–Crippen MR) is 56.5 cm³/mol. The van der Waals surface area contributed by atoms with E-state index in [-0.39, 0.29) is 12.5 Å². The van der Waals surface area contributed by atoms with E-state index in [9.17, 15) is 4.79 Å². The van der Waals surface area contributed by atoms with Crippen molar-refractivity contribution in [3.8, 4) is 0 Å². The molecule has 5 nitrogen and oxygen atoms in total. The van der Waals surface area contributed by atoms with Crippen LogP contribution in [-0.2, 0) is 4.79 Å². The van der Waals surface area contributed by atoms with Crippen LogP contribution in [0.2, 0.25) is 0 Å². The first-order valence-corrected chi connectivity index (χ1v) is 4.84. The van der Waals surface area contributed by atoms with E-state index in [0.717, 1.165) is 25.9 Å². The second-order valence-corrected chi connectivity index (χ2v) is 3.23. The second kappa shape index (κ2) is 6.12. The molecule has 0 atom stereocenters. The average molecular weight is 196 g/mol. The van der Waals surface area contributed by atoms with E-state index < -0.39 is 0 Å². The van der Waals surface area contributed by atoms with Crippen LogP contribution in [0.5, 0.6) is 0 Å². The van der Waals surface area contributed by atoms with Crippen molar-refractivity contribution in [1.82, 2.24) is 4.90 Å². The molecule has 1 fully saturated rings. The van der Waals surface area contributed by atoms with Gasteiger partial charge in [-0.1, -0.05) is 0 Å². The number of hydrogen-bond acceptors (Lipinski definition) is 4. The minimum absolute atomic E-state index is 0.0892. The molecular weight excluding hydrogens is 180 g/mol. The monoisotopic (exact) mass is 196 g/mol. The fraction of sp³-hybridized carbons (Fsp3) is 0.667. The van der Waals surface area contributed by atoms with Gasteiger partial charge in [0.1, 0.15) is 6.54 Å². The van der Waals surface area contributed by atoms with Crippen LogP contribution in [0.3, 0.4) is 0 Å². The fourth-order valence-electron chi connectivity index (χ4n) is 1.46. The molecule has 78 valence electrons. The molecule has 1 aliphatic heterocycles.